The summed E-state index contributed by atoms with van der Waals surface area (Å²) in [5, 5.41) is 0. The molecule has 1 saturated carbocycles. The normalized spacial score (nSPS) is 17.3. The summed E-state index contributed by atoms with van der Waals surface area (Å²) in [5.41, 5.74) is 1.12. The van der Waals surface area contributed by atoms with Gasteiger partial charge in [0.15, 0.2) is 0 Å². The Labute approximate surface area is 85.2 Å². The molecule has 15 heavy (non-hydrogen) atoms. The molecule has 0 atom stereocenters. The third-order valence-corrected chi connectivity index (χ3v) is 2.76. The van der Waals surface area contributed by atoms with Crippen LogP contribution in [0.1, 0.15) is 18.4 Å². The van der Waals surface area contributed by atoms with Gasteiger partial charge in [-0.05, 0) is 31.0 Å². The Kier molecular flexibility index (Phi) is 2.19. The van der Waals surface area contributed by atoms with Crippen LogP contribution in [0.4, 0.5) is 8.78 Å². The number of rotatable bonds is 2. The highest BCUT2D eigenvalue weighted by Crippen LogP contribution is 2.49. The predicted octanol–water partition coefficient (Wildman–Crippen LogP) is 0.986. The molecule has 1 aliphatic rings. The van der Waals surface area contributed by atoms with Crippen molar-refractivity contribution in [2.45, 2.75) is 18.3 Å². The molecule has 0 heterocycles. The minimum atomic E-state index is -0.957. The molecule has 5 heteroatoms. The molecule has 2 rings (SSSR count). The molecule has 1 aliphatic carbocycles. The predicted molar refractivity (Wildman–Crippen MR) is 49.6 cm³/mol. The number of benzene rings is 1. The Bertz CT molecular complexity index is 416. The lowest BCUT2D eigenvalue weighted by Gasteiger charge is -2.14. The van der Waals surface area contributed by atoms with Gasteiger partial charge < -0.3 is 0 Å². The van der Waals surface area contributed by atoms with Crippen molar-refractivity contribution in [1.29, 1.82) is 0 Å². The van der Waals surface area contributed by atoms with Gasteiger partial charge in [-0.15, -0.1) is 0 Å². The average Bonchev–Trinajstić information content (AvgIpc) is 3.01. The van der Waals surface area contributed by atoms with E-state index in [2.05, 4.69) is 0 Å². The lowest BCUT2D eigenvalue weighted by atomic mass is 9.94. The quantitative estimate of drug-likeness (QED) is 0.436. The van der Waals surface area contributed by atoms with Gasteiger partial charge in [0.25, 0.3) is 0 Å². The van der Waals surface area contributed by atoms with Gasteiger partial charge in [-0.25, -0.2) is 14.6 Å². The molecule has 1 fully saturated rings. The maximum absolute atomic E-state index is 13.4. The van der Waals surface area contributed by atoms with Crippen LogP contribution < -0.4 is 11.3 Å². The zero-order valence-electron chi connectivity index (χ0n) is 7.89. The third kappa shape index (κ3) is 1.48. The number of hydrogen-bond donors (Lipinski definition) is 2. The van der Waals surface area contributed by atoms with Crippen molar-refractivity contribution in [1.82, 2.24) is 5.43 Å². The highest BCUT2D eigenvalue weighted by atomic mass is 19.1. The van der Waals surface area contributed by atoms with E-state index in [1.165, 1.54) is 0 Å². The highest BCUT2D eigenvalue weighted by molar-refractivity contribution is 5.90. The molecule has 0 aliphatic heterocycles. The van der Waals surface area contributed by atoms with E-state index in [0.717, 1.165) is 18.2 Å². The summed E-state index contributed by atoms with van der Waals surface area (Å²) in [5.74, 6) is 3.42. The zero-order chi connectivity index (χ0) is 11.1. The largest absolute Gasteiger partial charge is 0.293 e. The van der Waals surface area contributed by atoms with Crippen LogP contribution in [0.25, 0.3) is 0 Å². The van der Waals surface area contributed by atoms with Crippen molar-refractivity contribution >= 4 is 5.91 Å². The smallest absolute Gasteiger partial charge is 0.244 e. The molecule has 0 spiro atoms. The first kappa shape index (κ1) is 10.0. The van der Waals surface area contributed by atoms with E-state index in [4.69, 9.17) is 5.84 Å². The fourth-order valence-corrected chi connectivity index (χ4v) is 1.75. The van der Waals surface area contributed by atoms with Gasteiger partial charge in [0, 0.05) is 5.56 Å². The fourth-order valence-electron chi connectivity index (χ4n) is 1.75. The second-order valence-electron chi connectivity index (χ2n) is 3.68. The first-order valence-electron chi connectivity index (χ1n) is 4.57. The van der Waals surface area contributed by atoms with Gasteiger partial charge in [0.05, 0.1) is 5.41 Å². The van der Waals surface area contributed by atoms with Crippen molar-refractivity contribution in [2.75, 3.05) is 0 Å². The van der Waals surface area contributed by atoms with Crippen LogP contribution in [-0.4, -0.2) is 5.91 Å². The third-order valence-electron chi connectivity index (χ3n) is 2.76. The molecule has 0 bridgehead atoms. The Balaban J connectivity index is 2.45. The van der Waals surface area contributed by atoms with Crippen molar-refractivity contribution < 1.29 is 13.6 Å². The molecular weight excluding hydrogens is 202 g/mol. The standard InChI is InChI=1S/C10H10F2N2O/c11-6-1-2-8(12)7(5-6)10(3-4-10)9(15)14-13/h1-2,5H,3-4,13H2,(H,14,15). The first-order chi connectivity index (χ1) is 7.10. The number of nitrogens with one attached hydrogen (secondary N) is 1. The molecule has 0 unspecified atom stereocenters. The minimum absolute atomic E-state index is 0.0884. The molecule has 1 aromatic rings. The Morgan fingerprint density at radius 1 is 1.40 bits per heavy atom. The Morgan fingerprint density at radius 3 is 2.60 bits per heavy atom. The minimum Gasteiger partial charge on any atom is -0.293 e. The van der Waals surface area contributed by atoms with Crippen molar-refractivity contribution in [3.05, 3.63) is 35.4 Å². The molecule has 0 radical (unpaired) electrons. The number of carbonyl (C=O) groups is 1. The summed E-state index contributed by atoms with van der Waals surface area (Å²) in [4.78, 5) is 11.4. The van der Waals surface area contributed by atoms with E-state index < -0.39 is 23.0 Å². The first-order valence-corrected chi connectivity index (χ1v) is 4.57. The fraction of sp³-hybridized carbons (Fsp3) is 0.300. The topological polar surface area (TPSA) is 55.1 Å². The van der Waals surface area contributed by atoms with E-state index in [1.54, 1.807) is 0 Å². The SMILES string of the molecule is NNC(=O)C1(c2cc(F)ccc2F)CC1. The zero-order valence-corrected chi connectivity index (χ0v) is 7.89. The number of hydrogen-bond acceptors (Lipinski definition) is 2. The Morgan fingerprint density at radius 2 is 2.07 bits per heavy atom. The van der Waals surface area contributed by atoms with Crippen molar-refractivity contribution in [3.8, 4) is 0 Å². The number of hydrazine groups is 1. The average molecular weight is 212 g/mol. The summed E-state index contributed by atoms with van der Waals surface area (Å²) in [6, 6.07) is 3.10. The van der Waals surface area contributed by atoms with E-state index in [9.17, 15) is 13.6 Å². The maximum Gasteiger partial charge on any atom is 0.244 e. The van der Waals surface area contributed by atoms with Gasteiger partial charge in [-0.2, -0.15) is 0 Å². The maximum atomic E-state index is 13.4. The lowest BCUT2D eigenvalue weighted by Crippen LogP contribution is -2.39. The molecule has 0 saturated heterocycles. The second kappa shape index (κ2) is 3.27. The Hall–Kier alpha value is -1.49. The molecule has 1 aromatic carbocycles. The summed E-state index contributed by atoms with van der Waals surface area (Å²) in [6.45, 7) is 0. The van der Waals surface area contributed by atoms with Crippen LogP contribution in [0.5, 0.6) is 0 Å². The molecule has 1 amide bonds. The summed E-state index contributed by atoms with van der Waals surface area (Å²) in [7, 11) is 0. The lowest BCUT2D eigenvalue weighted by molar-refractivity contribution is -0.123. The van der Waals surface area contributed by atoms with E-state index in [-0.39, 0.29) is 5.56 Å². The molecule has 3 N–H and O–H groups in total. The van der Waals surface area contributed by atoms with E-state index >= 15 is 0 Å². The van der Waals surface area contributed by atoms with Crippen LogP contribution in [0, 0.1) is 11.6 Å². The summed E-state index contributed by atoms with van der Waals surface area (Å²) >= 11 is 0. The molecule has 3 nitrogen and oxygen atoms in total. The van der Waals surface area contributed by atoms with Gasteiger partial charge in [0.1, 0.15) is 11.6 Å². The van der Waals surface area contributed by atoms with E-state index in [1.807, 2.05) is 5.43 Å². The highest BCUT2D eigenvalue weighted by Gasteiger charge is 2.52. The van der Waals surface area contributed by atoms with Crippen LogP contribution in [-0.2, 0) is 10.2 Å². The van der Waals surface area contributed by atoms with Gasteiger partial charge in [0.2, 0.25) is 5.91 Å². The summed E-state index contributed by atoms with van der Waals surface area (Å²) in [6.07, 6.45) is 0.993. The monoisotopic (exact) mass is 212 g/mol. The van der Waals surface area contributed by atoms with Crippen LogP contribution in [0.3, 0.4) is 0 Å². The van der Waals surface area contributed by atoms with Crippen LogP contribution in [0.2, 0.25) is 0 Å². The van der Waals surface area contributed by atoms with Gasteiger partial charge in [-0.1, -0.05) is 0 Å². The van der Waals surface area contributed by atoms with Crippen molar-refractivity contribution in [3.63, 3.8) is 0 Å². The second-order valence-corrected chi connectivity index (χ2v) is 3.68. The number of halogens is 2. The number of carbonyl (C=O) groups excluding carboxylic acids is 1. The van der Waals surface area contributed by atoms with E-state index in [0.29, 0.717) is 12.8 Å². The molecular formula is C10H10F2N2O. The summed E-state index contributed by atoms with van der Waals surface area (Å²) < 4.78 is 26.4. The van der Waals surface area contributed by atoms with Crippen LogP contribution >= 0.6 is 0 Å². The molecule has 80 valence electrons. The number of amides is 1. The van der Waals surface area contributed by atoms with Crippen molar-refractivity contribution in [2.24, 2.45) is 5.84 Å². The number of nitrogens with two attached hydrogens (primary N) is 1. The van der Waals surface area contributed by atoms with Gasteiger partial charge in [-0.3, -0.25) is 10.2 Å². The molecule has 0 aromatic heterocycles. The van der Waals surface area contributed by atoms with Crippen LogP contribution in [0.15, 0.2) is 18.2 Å². The van der Waals surface area contributed by atoms with Gasteiger partial charge >= 0.3 is 0 Å².